The van der Waals surface area contributed by atoms with Gasteiger partial charge in [-0.25, -0.2) is 9.37 Å². The first-order valence-electron chi connectivity index (χ1n) is 11.7. The van der Waals surface area contributed by atoms with Crippen LogP contribution in [0.25, 0.3) is 11.3 Å². The third kappa shape index (κ3) is 5.76. The summed E-state index contributed by atoms with van der Waals surface area (Å²) in [6.45, 7) is 0.772. The molecule has 200 valence electrons. The zero-order chi connectivity index (χ0) is 27.4. The molecule has 1 heterocycles. The van der Waals surface area contributed by atoms with E-state index in [0.717, 1.165) is 0 Å². The molecule has 6 N–H and O–H groups in total. The summed E-state index contributed by atoms with van der Waals surface area (Å²) in [5.41, 5.74) is 5.84. The van der Waals surface area contributed by atoms with E-state index in [2.05, 4.69) is 25.9 Å². The number of nitrogens with one attached hydrogen (secondary N) is 4. The molecule has 0 aliphatic heterocycles. The summed E-state index contributed by atoms with van der Waals surface area (Å²) in [5, 5.41) is 8.25. The van der Waals surface area contributed by atoms with Gasteiger partial charge in [0.05, 0.1) is 29.6 Å². The van der Waals surface area contributed by atoms with Gasteiger partial charge in [-0.15, -0.1) is 0 Å². The van der Waals surface area contributed by atoms with Crippen LogP contribution in [0.1, 0.15) is 33.8 Å². The van der Waals surface area contributed by atoms with E-state index < -0.39 is 23.4 Å². The van der Waals surface area contributed by atoms with Crippen LogP contribution in [-0.2, 0) is 4.79 Å². The van der Waals surface area contributed by atoms with Crippen LogP contribution in [0.5, 0.6) is 5.75 Å². The number of halogens is 3. The van der Waals surface area contributed by atoms with Crippen molar-refractivity contribution in [2.24, 2.45) is 11.7 Å². The summed E-state index contributed by atoms with van der Waals surface area (Å²) in [7, 11) is 1.22. The second-order valence-electron chi connectivity index (χ2n) is 8.66. The smallest absolute Gasteiger partial charge is 0.291 e. The molecule has 1 saturated carbocycles. The Kier molecular flexibility index (Phi) is 8.23. The summed E-state index contributed by atoms with van der Waals surface area (Å²) in [6.07, 6.45) is 2.24. The van der Waals surface area contributed by atoms with E-state index >= 15 is 0 Å². The molecule has 4 rings (SSSR count). The second kappa shape index (κ2) is 11.6. The van der Waals surface area contributed by atoms with Gasteiger partial charge in [0.25, 0.3) is 11.8 Å². The van der Waals surface area contributed by atoms with Crippen LogP contribution < -0.4 is 26.4 Å². The van der Waals surface area contributed by atoms with Gasteiger partial charge in [-0.05, 0) is 43.2 Å². The molecule has 3 aromatic rings. The first kappa shape index (κ1) is 27.0. The maximum atomic E-state index is 14.4. The predicted molar refractivity (Wildman–Crippen MR) is 136 cm³/mol. The minimum absolute atomic E-state index is 0.0796. The van der Waals surface area contributed by atoms with Gasteiger partial charge in [0.2, 0.25) is 11.7 Å². The molecule has 3 amide bonds. The number of carbonyl (C=O) groups is 3. The fourth-order valence-electron chi connectivity index (χ4n) is 3.99. The number of methoxy groups -OCH3 is 1. The minimum Gasteiger partial charge on any atom is -0.494 e. The van der Waals surface area contributed by atoms with E-state index in [1.54, 1.807) is 0 Å². The lowest BCUT2D eigenvalue weighted by molar-refractivity contribution is -0.128. The highest BCUT2D eigenvalue weighted by atomic mass is 35.5. The molecule has 0 spiro atoms. The Morgan fingerprint density at radius 1 is 1.16 bits per heavy atom. The molecule has 1 aliphatic carbocycles. The highest BCUT2D eigenvalue weighted by Crippen LogP contribution is 2.30. The first-order chi connectivity index (χ1) is 18.2. The van der Waals surface area contributed by atoms with Gasteiger partial charge >= 0.3 is 0 Å². The standard InChI is InChI=1S/C25H25ClF2N6O4/c1-38-19-5-4-16(20(27)21(19)28)18-11-31-22(34-18)25(37)32-13-2-3-15(17(26)10-13)24(36)33-14-8-12(9-14)23(35)30-7-6-29/h2-5,10-12,14H,6-9,29H2,1H3,(H,30,35)(H,31,34)(H,32,37)(H,33,36). The molecule has 0 saturated heterocycles. The van der Waals surface area contributed by atoms with Crippen LogP contribution in [0, 0.1) is 17.6 Å². The molecular weight excluding hydrogens is 522 g/mol. The van der Waals surface area contributed by atoms with Crippen LogP contribution in [0.3, 0.4) is 0 Å². The number of carbonyl (C=O) groups excluding carboxylic acids is 3. The van der Waals surface area contributed by atoms with Gasteiger partial charge in [-0.1, -0.05) is 11.6 Å². The van der Waals surface area contributed by atoms with Crippen molar-refractivity contribution in [3.63, 3.8) is 0 Å². The normalized spacial score (nSPS) is 16.3. The summed E-state index contributed by atoms with van der Waals surface area (Å²) < 4.78 is 33.2. The van der Waals surface area contributed by atoms with Crippen LogP contribution in [-0.4, -0.2) is 53.9 Å². The third-order valence-corrected chi connectivity index (χ3v) is 6.42. The number of anilines is 1. The Morgan fingerprint density at radius 2 is 1.92 bits per heavy atom. The molecule has 0 atom stereocenters. The number of nitrogens with two attached hydrogens (primary N) is 1. The number of benzene rings is 2. The van der Waals surface area contributed by atoms with Gasteiger partial charge in [0, 0.05) is 36.3 Å². The lowest BCUT2D eigenvalue weighted by Gasteiger charge is -2.34. The zero-order valence-electron chi connectivity index (χ0n) is 20.2. The predicted octanol–water partition coefficient (Wildman–Crippen LogP) is 2.85. The fourth-order valence-corrected chi connectivity index (χ4v) is 4.26. The average molecular weight is 547 g/mol. The van der Waals surface area contributed by atoms with Gasteiger partial charge in [0.1, 0.15) is 0 Å². The largest absolute Gasteiger partial charge is 0.494 e. The van der Waals surface area contributed by atoms with Crippen molar-refractivity contribution in [1.29, 1.82) is 0 Å². The number of hydrogen-bond donors (Lipinski definition) is 5. The summed E-state index contributed by atoms with van der Waals surface area (Å²) in [4.78, 5) is 43.8. The van der Waals surface area contributed by atoms with Crippen molar-refractivity contribution in [3.8, 4) is 17.0 Å². The number of hydrogen-bond acceptors (Lipinski definition) is 6. The van der Waals surface area contributed by atoms with E-state index in [1.807, 2.05) is 0 Å². The molecular formula is C25H25ClF2N6O4. The summed E-state index contributed by atoms with van der Waals surface area (Å²) >= 11 is 6.28. The second-order valence-corrected chi connectivity index (χ2v) is 9.06. The maximum Gasteiger partial charge on any atom is 0.291 e. The number of rotatable bonds is 9. The number of imidazole rings is 1. The highest BCUT2D eigenvalue weighted by Gasteiger charge is 2.35. The van der Waals surface area contributed by atoms with Crippen molar-refractivity contribution < 1.29 is 27.9 Å². The Morgan fingerprint density at radius 3 is 2.61 bits per heavy atom. The van der Waals surface area contributed by atoms with E-state index in [-0.39, 0.29) is 57.0 Å². The molecule has 1 fully saturated rings. The van der Waals surface area contributed by atoms with Crippen LogP contribution in [0.4, 0.5) is 14.5 Å². The molecule has 0 bridgehead atoms. The summed E-state index contributed by atoms with van der Waals surface area (Å²) in [6, 6.07) is 6.77. The lowest BCUT2D eigenvalue weighted by Crippen LogP contribution is -2.49. The quantitative estimate of drug-likeness (QED) is 0.278. The molecule has 38 heavy (non-hydrogen) atoms. The first-order valence-corrected chi connectivity index (χ1v) is 12.1. The Bertz CT molecular complexity index is 1380. The van der Waals surface area contributed by atoms with E-state index in [4.69, 9.17) is 22.1 Å². The van der Waals surface area contributed by atoms with E-state index in [9.17, 15) is 23.2 Å². The molecule has 13 heteroatoms. The van der Waals surface area contributed by atoms with Crippen molar-refractivity contribution >= 4 is 35.0 Å². The number of ether oxygens (including phenoxy) is 1. The molecule has 1 aromatic heterocycles. The van der Waals surface area contributed by atoms with Crippen molar-refractivity contribution in [1.82, 2.24) is 20.6 Å². The molecule has 0 unspecified atom stereocenters. The number of aromatic nitrogens is 2. The van der Waals surface area contributed by atoms with Crippen LogP contribution in [0.2, 0.25) is 5.02 Å². The third-order valence-electron chi connectivity index (χ3n) is 6.11. The molecule has 0 radical (unpaired) electrons. The van der Waals surface area contributed by atoms with Gasteiger partial charge in [0.15, 0.2) is 17.4 Å². The highest BCUT2D eigenvalue weighted by molar-refractivity contribution is 6.34. The average Bonchev–Trinajstić information content (AvgIpc) is 3.36. The Labute approximate surface area is 221 Å². The van der Waals surface area contributed by atoms with E-state index in [0.29, 0.717) is 25.9 Å². The lowest BCUT2D eigenvalue weighted by atomic mass is 9.79. The number of amides is 3. The molecule has 10 nitrogen and oxygen atoms in total. The molecule has 2 aromatic carbocycles. The van der Waals surface area contributed by atoms with Crippen molar-refractivity contribution in [3.05, 3.63) is 64.6 Å². The summed E-state index contributed by atoms with van der Waals surface area (Å²) in [5.74, 6) is -4.01. The number of aromatic amines is 1. The van der Waals surface area contributed by atoms with Crippen molar-refractivity contribution in [2.45, 2.75) is 18.9 Å². The number of H-pyrrole nitrogens is 1. The van der Waals surface area contributed by atoms with Crippen LogP contribution >= 0.6 is 11.6 Å². The minimum atomic E-state index is -1.16. The zero-order valence-corrected chi connectivity index (χ0v) is 21.0. The van der Waals surface area contributed by atoms with Gasteiger partial charge in [-0.3, -0.25) is 14.4 Å². The Hall–Kier alpha value is -4.03. The van der Waals surface area contributed by atoms with Gasteiger partial charge in [-0.2, -0.15) is 4.39 Å². The monoisotopic (exact) mass is 546 g/mol. The van der Waals surface area contributed by atoms with Gasteiger partial charge < -0.3 is 31.4 Å². The van der Waals surface area contributed by atoms with Crippen LogP contribution in [0.15, 0.2) is 36.5 Å². The maximum absolute atomic E-state index is 14.4. The SMILES string of the molecule is COc1ccc(-c2cnc(C(=O)Nc3ccc(C(=O)NC4CC(C(=O)NCCN)C4)c(Cl)c3)[nH]2)c(F)c1F. The van der Waals surface area contributed by atoms with E-state index in [1.165, 1.54) is 43.6 Å². The molecule has 1 aliphatic rings. The number of nitrogens with zero attached hydrogens (tertiary/aromatic N) is 1. The topological polar surface area (TPSA) is 151 Å². The van der Waals surface area contributed by atoms with Crippen molar-refractivity contribution in [2.75, 3.05) is 25.5 Å². The Balaban J connectivity index is 1.35. The fraction of sp³-hybridized carbons (Fsp3) is 0.280.